The van der Waals surface area contributed by atoms with Gasteiger partial charge in [0.1, 0.15) is 0 Å². The summed E-state index contributed by atoms with van der Waals surface area (Å²) in [5.74, 6) is 0.749. The summed E-state index contributed by atoms with van der Waals surface area (Å²) in [6.45, 7) is 2.29. The Balaban J connectivity index is 2.00. The van der Waals surface area contributed by atoms with E-state index < -0.39 is 0 Å². The highest BCUT2D eigenvalue weighted by Gasteiger charge is 2.13. The Kier molecular flexibility index (Phi) is 3.49. The molecule has 1 unspecified atom stereocenters. The van der Waals surface area contributed by atoms with E-state index in [-0.39, 0.29) is 0 Å². The molecule has 1 fully saturated rings. The lowest BCUT2D eigenvalue weighted by molar-refractivity contribution is 0.376. The Morgan fingerprint density at radius 1 is 1.47 bits per heavy atom. The van der Waals surface area contributed by atoms with Gasteiger partial charge in [0.2, 0.25) is 0 Å². The van der Waals surface area contributed by atoms with E-state index in [0.717, 1.165) is 18.9 Å². The zero-order chi connectivity index (χ0) is 10.7. The molecule has 0 amide bonds. The van der Waals surface area contributed by atoms with E-state index in [9.17, 15) is 0 Å². The first-order chi connectivity index (χ1) is 7.25. The Morgan fingerprint density at radius 2 is 2.33 bits per heavy atom. The number of nitrogens with two attached hydrogens (primary N) is 1. The summed E-state index contributed by atoms with van der Waals surface area (Å²) in [6, 6.07) is 5.97. The van der Waals surface area contributed by atoms with Crippen LogP contribution in [0.2, 0.25) is 5.02 Å². The third-order valence-electron chi connectivity index (χ3n) is 2.99. The number of benzene rings is 1. The zero-order valence-electron chi connectivity index (χ0n) is 8.80. The SMILES string of the molecule is Nc1ccc(CC2CCCNC2)cc1Cl. The fourth-order valence-electron chi connectivity index (χ4n) is 2.13. The molecule has 2 rings (SSSR count). The van der Waals surface area contributed by atoms with Crippen molar-refractivity contribution in [2.75, 3.05) is 18.8 Å². The topological polar surface area (TPSA) is 38.0 Å². The Morgan fingerprint density at radius 3 is 3.00 bits per heavy atom. The van der Waals surface area contributed by atoms with Crippen molar-refractivity contribution < 1.29 is 0 Å². The molecule has 0 radical (unpaired) electrons. The minimum atomic E-state index is 0.669. The molecule has 3 heteroatoms. The zero-order valence-corrected chi connectivity index (χ0v) is 9.56. The number of rotatable bonds is 2. The van der Waals surface area contributed by atoms with Crippen LogP contribution in [0, 0.1) is 5.92 Å². The van der Waals surface area contributed by atoms with Crippen LogP contribution >= 0.6 is 11.6 Å². The van der Waals surface area contributed by atoms with Crippen LogP contribution < -0.4 is 11.1 Å². The van der Waals surface area contributed by atoms with E-state index >= 15 is 0 Å². The highest BCUT2D eigenvalue weighted by Crippen LogP contribution is 2.23. The first kappa shape index (κ1) is 10.8. The lowest BCUT2D eigenvalue weighted by Crippen LogP contribution is -2.30. The number of nitrogen functional groups attached to an aromatic ring is 1. The molecule has 0 saturated carbocycles. The lowest BCUT2D eigenvalue weighted by Gasteiger charge is -2.22. The van der Waals surface area contributed by atoms with Crippen molar-refractivity contribution in [1.29, 1.82) is 0 Å². The third kappa shape index (κ3) is 2.86. The minimum Gasteiger partial charge on any atom is -0.398 e. The lowest BCUT2D eigenvalue weighted by atomic mass is 9.92. The van der Waals surface area contributed by atoms with E-state index in [0.29, 0.717) is 10.7 Å². The molecule has 0 spiro atoms. The summed E-state index contributed by atoms with van der Waals surface area (Å²) in [4.78, 5) is 0. The van der Waals surface area contributed by atoms with E-state index in [1.54, 1.807) is 0 Å². The molecular formula is C12H17ClN2. The summed E-state index contributed by atoms with van der Waals surface area (Å²) in [5.41, 5.74) is 7.64. The summed E-state index contributed by atoms with van der Waals surface area (Å²) in [5, 5.41) is 4.10. The molecule has 1 aliphatic rings. The van der Waals surface area contributed by atoms with Crippen molar-refractivity contribution in [3.8, 4) is 0 Å². The second kappa shape index (κ2) is 4.86. The molecule has 3 N–H and O–H groups in total. The number of halogens is 1. The second-order valence-corrected chi connectivity index (χ2v) is 4.68. The van der Waals surface area contributed by atoms with Gasteiger partial charge in [-0.3, -0.25) is 0 Å². The van der Waals surface area contributed by atoms with E-state index in [2.05, 4.69) is 11.4 Å². The number of hydrogen-bond acceptors (Lipinski definition) is 2. The van der Waals surface area contributed by atoms with Crippen LogP contribution in [0.3, 0.4) is 0 Å². The van der Waals surface area contributed by atoms with Gasteiger partial charge in [0.15, 0.2) is 0 Å². The third-order valence-corrected chi connectivity index (χ3v) is 3.32. The van der Waals surface area contributed by atoms with Crippen LogP contribution in [0.4, 0.5) is 5.69 Å². The fourth-order valence-corrected chi connectivity index (χ4v) is 2.33. The predicted molar refractivity (Wildman–Crippen MR) is 65.2 cm³/mol. The van der Waals surface area contributed by atoms with E-state index in [1.807, 2.05) is 12.1 Å². The molecule has 1 saturated heterocycles. The van der Waals surface area contributed by atoms with Gasteiger partial charge in [-0.1, -0.05) is 17.7 Å². The van der Waals surface area contributed by atoms with Crippen molar-refractivity contribution in [3.63, 3.8) is 0 Å². The van der Waals surface area contributed by atoms with E-state index in [4.69, 9.17) is 17.3 Å². The first-order valence-electron chi connectivity index (χ1n) is 5.50. The first-order valence-corrected chi connectivity index (χ1v) is 5.88. The average molecular weight is 225 g/mol. The molecule has 0 aliphatic carbocycles. The maximum atomic E-state index is 5.99. The monoisotopic (exact) mass is 224 g/mol. The summed E-state index contributed by atoms with van der Waals surface area (Å²) >= 11 is 5.99. The maximum Gasteiger partial charge on any atom is 0.0638 e. The van der Waals surface area contributed by atoms with Crippen molar-refractivity contribution in [1.82, 2.24) is 5.32 Å². The number of hydrogen-bond donors (Lipinski definition) is 2. The van der Waals surface area contributed by atoms with Crippen molar-refractivity contribution in [2.45, 2.75) is 19.3 Å². The Hall–Kier alpha value is -0.730. The molecule has 0 aromatic heterocycles. The van der Waals surface area contributed by atoms with Crippen LogP contribution in [-0.4, -0.2) is 13.1 Å². The van der Waals surface area contributed by atoms with Gasteiger partial charge in [-0.15, -0.1) is 0 Å². The van der Waals surface area contributed by atoms with Gasteiger partial charge in [0, 0.05) is 0 Å². The van der Waals surface area contributed by atoms with Crippen LogP contribution in [0.5, 0.6) is 0 Å². The quantitative estimate of drug-likeness (QED) is 0.758. The van der Waals surface area contributed by atoms with Gasteiger partial charge < -0.3 is 11.1 Å². The van der Waals surface area contributed by atoms with Crippen LogP contribution in [-0.2, 0) is 6.42 Å². The molecule has 82 valence electrons. The highest BCUT2D eigenvalue weighted by atomic mass is 35.5. The highest BCUT2D eigenvalue weighted by molar-refractivity contribution is 6.33. The van der Waals surface area contributed by atoms with Gasteiger partial charge >= 0.3 is 0 Å². The van der Waals surface area contributed by atoms with Gasteiger partial charge in [-0.05, 0) is 56.0 Å². The van der Waals surface area contributed by atoms with Crippen LogP contribution in [0.1, 0.15) is 18.4 Å². The molecule has 1 aliphatic heterocycles. The van der Waals surface area contributed by atoms with Gasteiger partial charge in [0.05, 0.1) is 10.7 Å². The average Bonchev–Trinajstić information content (AvgIpc) is 2.25. The molecule has 1 heterocycles. The van der Waals surface area contributed by atoms with Gasteiger partial charge in [0.25, 0.3) is 0 Å². The summed E-state index contributed by atoms with van der Waals surface area (Å²) < 4.78 is 0. The largest absolute Gasteiger partial charge is 0.398 e. The van der Waals surface area contributed by atoms with Crippen molar-refractivity contribution in [3.05, 3.63) is 28.8 Å². The number of anilines is 1. The predicted octanol–water partition coefficient (Wildman–Crippen LogP) is 2.46. The fraction of sp³-hybridized carbons (Fsp3) is 0.500. The maximum absolute atomic E-state index is 5.99. The molecule has 0 bridgehead atoms. The molecule has 2 nitrogen and oxygen atoms in total. The molecule has 1 aromatic rings. The van der Waals surface area contributed by atoms with E-state index in [1.165, 1.54) is 24.9 Å². The number of nitrogens with one attached hydrogen (secondary N) is 1. The van der Waals surface area contributed by atoms with Crippen molar-refractivity contribution >= 4 is 17.3 Å². The minimum absolute atomic E-state index is 0.669. The van der Waals surface area contributed by atoms with Gasteiger partial charge in [-0.2, -0.15) is 0 Å². The Bertz CT molecular complexity index is 332. The Labute approximate surface area is 95.8 Å². The molecule has 15 heavy (non-hydrogen) atoms. The molecule has 1 aromatic carbocycles. The smallest absolute Gasteiger partial charge is 0.0638 e. The molecular weight excluding hydrogens is 208 g/mol. The van der Waals surface area contributed by atoms with Crippen molar-refractivity contribution in [2.24, 2.45) is 5.92 Å². The normalized spacial score (nSPS) is 21.5. The van der Waals surface area contributed by atoms with Gasteiger partial charge in [-0.25, -0.2) is 0 Å². The second-order valence-electron chi connectivity index (χ2n) is 4.27. The summed E-state index contributed by atoms with van der Waals surface area (Å²) in [7, 11) is 0. The molecule has 1 atom stereocenters. The standard InChI is InChI=1S/C12H17ClN2/c13-11-7-9(3-4-12(11)14)6-10-2-1-5-15-8-10/h3-4,7,10,15H,1-2,5-6,8,14H2. The van der Waals surface area contributed by atoms with Crippen LogP contribution in [0.25, 0.3) is 0 Å². The van der Waals surface area contributed by atoms with Crippen LogP contribution in [0.15, 0.2) is 18.2 Å². The summed E-state index contributed by atoms with van der Waals surface area (Å²) in [6.07, 6.45) is 3.70. The number of piperidine rings is 1.